The molecule has 1 N–H and O–H groups in total. The van der Waals surface area contributed by atoms with Gasteiger partial charge in [0, 0.05) is 12.8 Å². The molecule has 9 nitrogen and oxygen atoms in total. The molecule has 0 bridgehead atoms. The van der Waals surface area contributed by atoms with Gasteiger partial charge in [-0.3, -0.25) is 18.6 Å². The van der Waals surface area contributed by atoms with E-state index in [0.29, 0.717) is 23.9 Å². The average molecular weight is 1080 g/mol. The zero-order chi connectivity index (χ0) is 54.9. The predicted octanol–water partition coefficient (Wildman–Crippen LogP) is 20.8. The first kappa shape index (κ1) is 73.8. The molecule has 0 aliphatic heterocycles. The molecule has 0 aliphatic rings. The number of hydrogen-bond donors (Lipinski definition) is 1. The van der Waals surface area contributed by atoms with Crippen LogP contribution >= 0.6 is 7.82 Å². The van der Waals surface area contributed by atoms with Crippen LogP contribution in [0.2, 0.25) is 0 Å². The largest absolute Gasteiger partial charge is 0.472 e. The maximum atomic E-state index is 12.8. The maximum absolute atomic E-state index is 12.8. The number of nitrogens with zero attached hydrogens (tertiary/aromatic N) is 1. The normalized spacial score (nSPS) is 13.2. The summed E-state index contributed by atoms with van der Waals surface area (Å²) >= 11 is 0. The molecule has 0 saturated carbocycles. The fourth-order valence-corrected chi connectivity index (χ4v) is 10.7. The van der Waals surface area contributed by atoms with E-state index in [4.69, 9.17) is 18.5 Å². The maximum Gasteiger partial charge on any atom is 0.472 e. The second-order valence-electron chi connectivity index (χ2n) is 23.9. The minimum Gasteiger partial charge on any atom is -0.462 e. The summed E-state index contributed by atoms with van der Waals surface area (Å²) in [6.45, 7) is 4.47. The summed E-state index contributed by atoms with van der Waals surface area (Å²) in [5.74, 6) is -0.789. The van der Waals surface area contributed by atoms with Gasteiger partial charge in [0.15, 0.2) is 6.10 Å². The highest BCUT2D eigenvalue weighted by Crippen LogP contribution is 2.43. The van der Waals surface area contributed by atoms with Gasteiger partial charge >= 0.3 is 19.8 Å². The molecule has 0 aliphatic carbocycles. The van der Waals surface area contributed by atoms with Crippen LogP contribution in [0.4, 0.5) is 0 Å². The van der Waals surface area contributed by atoms with E-state index in [-0.39, 0.29) is 25.6 Å². The molecular weight excluding hydrogens is 954 g/mol. The van der Waals surface area contributed by atoms with Crippen molar-refractivity contribution in [3.63, 3.8) is 0 Å². The van der Waals surface area contributed by atoms with E-state index < -0.39 is 26.5 Å². The van der Waals surface area contributed by atoms with E-state index in [1.165, 1.54) is 257 Å². The van der Waals surface area contributed by atoms with Gasteiger partial charge in [-0.2, -0.15) is 0 Å². The summed E-state index contributed by atoms with van der Waals surface area (Å²) in [4.78, 5) is 35.7. The molecule has 0 saturated heterocycles. The quantitative estimate of drug-likeness (QED) is 0.0211. The SMILES string of the molecule is CCCCCCC/C=C\CCCCCCCC(=O)OC(COC(=O)CCCCCCCCCCCCCCCCCCCCCCCCCCCCCCCCCCCCCCC)COP(=O)(O)OCC[N+](C)(C)C. The Morgan fingerprint density at radius 2 is 0.680 bits per heavy atom. The Labute approximate surface area is 466 Å². The van der Waals surface area contributed by atoms with Crippen molar-refractivity contribution in [2.24, 2.45) is 0 Å². The molecular formula is C65H129NO8P+. The Kier molecular flexibility index (Phi) is 56.5. The summed E-state index contributed by atoms with van der Waals surface area (Å²) in [6, 6.07) is 0. The number of rotatable bonds is 62. The summed E-state index contributed by atoms with van der Waals surface area (Å²) < 4.78 is 34.6. The standard InChI is InChI=1S/C65H128NO8P/c1-6-8-10-12-14-16-18-20-22-23-24-25-26-27-28-29-30-31-32-33-34-35-36-37-38-39-40-41-42-43-44-46-47-49-51-53-55-57-64(67)71-61-63(62-73-75(69,70)72-60-59-66(3,4)5)74-65(68)58-56-54-52-50-48-45-21-19-17-15-13-11-9-7-2/h19,21,63H,6-18,20,22-62H2,1-5H3/p+1/b21-19-. The third-order valence-corrected chi connectivity index (χ3v) is 16.0. The van der Waals surface area contributed by atoms with Crippen molar-refractivity contribution >= 4 is 19.8 Å². The molecule has 0 fully saturated rings. The second kappa shape index (κ2) is 57.4. The Morgan fingerprint density at radius 1 is 0.400 bits per heavy atom. The van der Waals surface area contributed by atoms with Crippen LogP contribution in [0.25, 0.3) is 0 Å². The lowest BCUT2D eigenvalue weighted by Crippen LogP contribution is -2.37. The van der Waals surface area contributed by atoms with Gasteiger partial charge in [0.05, 0.1) is 27.7 Å². The van der Waals surface area contributed by atoms with Crippen LogP contribution in [0.1, 0.15) is 341 Å². The Hall–Kier alpha value is -1.25. The average Bonchev–Trinajstić information content (AvgIpc) is 3.37. The van der Waals surface area contributed by atoms with Crippen LogP contribution in [0.5, 0.6) is 0 Å². The van der Waals surface area contributed by atoms with E-state index in [1.54, 1.807) is 0 Å². The molecule has 0 aromatic carbocycles. The lowest BCUT2D eigenvalue weighted by Gasteiger charge is -2.24. The van der Waals surface area contributed by atoms with E-state index in [1.807, 2.05) is 21.1 Å². The number of allylic oxidation sites excluding steroid dienone is 2. The third-order valence-electron chi connectivity index (χ3n) is 15.0. The van der Waals surface area contributed by atoms with Gasteiger partial charge in [0.2, 0.25) is 0 Å². The first-order chi connectivity index (χ1) is 36.5. The minimum absolute atomic E-state index is 0.0336. The van der Waals surface area contributed by atoms with Gasteiger partial charge in [-0.25, -0.2) is 4.57 Å². The van der Waals surface area contributed by atoms with E-state index in [9.17, 15) is 19.0 Å². The number of carbonyl (C=O) groups is 2. The van der Waals surface area contributed by atoms with Crippen LogP contribution in [0.15, 0.2) is 12.2 Å². The van der Waals surface area contributed by atoms with E-state index in [0.717, 1.165) is 51.4 Å². The smallest absolute Gasteiger partial charge is 0.462 e. The van der Waals surface area contributed by atoms with Crippen LogP contribution in [0, 0.1) is 0 Å². The molecule has 0 aromatic heterocycles. The van der Waals surface area contributed by atoms with Crippen LogP contribution < -0.4 is 0 Å². The van der Waals surface area contributed by atoms with Gasteiger partial charge in [-0.15, -0.1) is 0 Å². The highest BCUT2D eigenvalue weighted by molar-refractivity contribution is 7.47. The fraction of sp³-hybridized carbons (Fsp3) is 0.938. The first-order valence-electron chi connectivity index (χ1n) is 32.9. The number of carbonyl (C=O) groups excluding carboxylic acids is 2. The molecule has 446 valence electrons. The van der Waals surface area contributed by atoms with Gasteiger partial charge in [-0.1, -0.05) is 302 Å². The highest BCUT2D eigenvalue weighted by Gasteiger charge is 2.27. The molecule has 2 unspecified atom stereocenters. The van der Waals surface area contributed by atoms with Crippen molar-refractivity contribution in [3.05, 3.63) is 12.2 Å². The Bertz CT molecular complexity index is 1270. The molecule has 0 aromatic rings. The lowest BCUT2D eigenvalue weighted by molar-refractivity contribution is -0.870. The highest BCUT2D eigenvalue weighted by atomic mass is 31.2. The van der Waals surface area contributed by atoms with Gasteiger partial charge < -0.3 is 18.9 Å². The summed E-state index contributed by atoms with van der Waals surface area (Å²) in [6.07, 6.45) is 69.1. The number of phosphoric ester groups is 1. The number of unbranched alkanes of at least 4 members (excludes halogenated alkanes) is 46. The molecule has 10 heteroatoms. The van der Waals surface area contributed by atoms with Crippen LogP contribution in [-0.4, -0.2) is 74.9 Å². The number of ether oxygens (including phenoxy) is 2. The molecule has 2 atom stereocenters. The molecule has 0 spiro atoms. The molecule has 0 radical (unpaired) electrons. The number of likely N-dealkylation sites (N-methyl/N-ethyl adjacent to an activating group) is 1. The number of quaternary nitrogens is 1. The number of phosphoric acid groups is 1. The van der Waals surface area contributed by atoms with E-state index >= 15 is 0 Å². The van der Waals surface area contributed by atoms with Crippen molar-refractivity contribution in [1.29, 1.82) is 0 Å². The lowest BCUT2D eigenvalue weighted by atomic mass is 10.0. The monoisotopic (exact) mass is 1080 g/mol. The third kappa shape index (κ3) is 61.8. The van der Waals surface area contributed by atoms with Gasteiger partial charge in [-0.05, 0) is 38.5 Å². The van der Waals surface area contributed by atoms with Crippen molar-refractivity contribution in [3.8, 4) is 0 Å². The van der Waals surface area contributed by atoms with Crippen molar-refractivity contribution in [2.45, 2.75) is 347 Å². The number of esters is 2. The Balaban J connectivity index is 3.85. The summed E-state index contributed by atoms with van der Waals surface area (Å²) in [5, 5.41) is 0. The van der Waals surface area contributed by atoms with Gasteiger partial charge in [0.25, 0.3) is 0 Å². The second-order valence-corrected chi connectivity index (χ2v) is 25.3. The van der Waals surface area contributed by atoms with Crippen molar-refractivity contribution in [2.75, 3.05) is 47.5 Å². The van der Waals surface area contributed by atoms with E-state index in [2.05, 4.69) is 26.0 Å². The fourth-order valence-electron chi connectivity index (χ4n) is 9.96. The minimum atomic E-state index is -4.38. The molecule has 0 amide bonds. The molecule has 0 heterocycles. The molecule has 75 heavy (non-hydrogen) atoms. The number of hydrogen-bond acceptors (Lipinski definition) is 7. The molecule has 0 rings (SSSR count). The first-order valence-corrected chi connectivity index (χ1v) is 34.4. The van der Waals surface area contributed by atoms with Gasteiger partial charge in [0.1, 0.15) is 19.8 Å². The zero-order valence-electron chi connectivity index (χ0n) is 50.8. The van der Waals surface area contributed by atoms with Crippen LogP contribution in [0.3, 0.4) is 0 Å². The summed E-state index contributed by atoms with van der Waals surface area (Å²) in [7, 11) is 1.49. The predicted molar refractivity (Wildman–Crippen MR) is 321 cm³/mol. The summed E-state index contributed by atoms with van der Waals surface area (Å²) in [5.41, 5.74) is 0. The van der Waals surface area contributed by atoms with Crippen molar-refractivity contribution < 1.29 is 42.1 Å². The van der Waals surface area contributed by atoms with Crippen LogP contribution in [-0.2, 0) is 32.7 Å². The zero-order valence-corrected chi connectivity index (χ0v) is 51.7. The van der Waals surface area contributed by atoms with Crippen molar-refractivity contribution in [1.82, 2.24) is 0 Å². The topological polar surface area (TPSA) is 108 Å². The Morgan fingerprint density at radius 3 is 0.987 bits per heavy atom.